The third-order valence-corrected chi connectivity index (χ3v) is 6.16. The second kappa shape index (κ2) is 11.4. The lowest BCUT2D eigenvalue weighted by molar-refractivity contribution is 0.0947. The van der Waals surface area contributed by atoms with Crippen LogP contribution >= 0.6 is 0 Å². The molecule has 0 fully saturated rings. The van der Waals surface area contributed by atoms with Gasteiger partial charge in [0.2, 0.25) is 10.0 Å². The smallest absolute Gasteiger partial charge is 0.251 e. The van der Waals surface area contributed by atoms with Crippen LogP contribution in [0.5, 0.6) is 17.2 Å². The first-order valence-corrected chi connectivity index (χ1v) is 12.4. The average molecular weight is 485 g/mol. The van der Waals surface area contributed by atoms with Gasteiger partial charge in [-0.15, -0.1) is 0 Å². The topological polar surface area (TPSA) is 94.2 Å². The average Bonchev–Trinajstić information content (AvgIpc) is 2.85. The summed E-state index contributed by atoms with van der Waals surface area (Å²) in [7, 11) is -0.395. The Bertz CT molecular complexity index is 1190. The molecule has 0 spiro atoms. The molecule has 0 aromatic heterocycles. The second-order valence-corrected chi connectivity index (χ2v) is 9.33. The molecule has 0 aliphatic carbocycles. The van der Waals surface area contributed by atoms with Gasteiger partial charge in [0.1, 0.15) is 12.4 Å². The first-order valence-electron chi connectivity index (χ1n) is 10.6. The Morgan fingerprint density at radius 2 is 1.53 bits per heavy atom. The van der Waals surface area contributed by atoms with Crippen molar-refractivity contribution in [1.82, 2.24) is 5.32 Å². The number of methoxy groups -OCH3 is 2. The van der Waals surface area contributed by atoms with Gasteiger partial charge in [0.15, 0.2) is 11.5 Å². The monoisotopic (exact) mass is 484 g/mol. The predicted molar refractivity (Wildman–Crippen MR) is 131 cm³/mol. The molecule has 1 amide bonds. The molecule has 0 bridgehead atoms. The molecule has 0 unspecified atom stereocenters. The maximum atomic E-state index is 12.4. The van der Waals surface area contributed by atoms with Gasteiger partial charge < -0.3 is 19.5 Å². The molecule has 3 aromatic rings. The molecule has 180 valence electrons. The minimum atomic E-state index is -3.51. The van der Waals surface area contributed by atoms with Crippen molar-refractivity contribution in [1.29, 1.82) is 0 Å². The molecule has 0 saturated carbocycles. The third-order valence-electron chi connectivity index (χ3n) is 5.02. The minimum Gasteiger partial charge on any atom is -0.497 e. The van der Waals surface area contributed by atoms with Gasteiger partial charge in [-0.25, -0.2) is 8.42 Å². The highest BCUT2D eigenvalue weighted by atomic mass is 32.2. The zero-order chi connectivity index (χ0) is 24.6. The van der Waals surface area contributed by atoms with E-state index in [4.69, 9.17) is 14.2 Å². The van der Waals surface area contributed by atoms with Crippen molar-refractivity contribution in [2.45, 2.75) is 6.54 Å². The standard InChI is InChI=1S/C25H28N2O6S/c1-31-22-14-12-21(13-15-22)27(34(3,29)30)18-19-8-10-20(11-9-19)25(28)26-16-17-33-24-7-5-4-6-23(24)32-2/h4-15H,16-18H2,1-3H3,(H,26,28). The maximum Gasteiger partial charge on any atom is 0.251 e. The molecule has 0 aliphatic rings. The van der Waals surface area contributed by atoms with E-state index in [1.165, 1.54) is 4.31 Å². The molecular formula is C25H28N2O6S. The van der Waals surface area contributed by atoms with Gasteiger partial charge in [0.05, 0.1) is 39.3 Å². The second-order valence-electron chi connectivity index (χ2n) is 7.42. The Balaban J connectivity index is 1.57. The van der Waals surface area contributed by atoms with E-state index in [0.29, 0.717) is 35.0 Å². The number of rotatable bonds is 11. The van der Waals surface area contributed by atoms with Crippen LogP contribution in [0.4, 0.5) is 5.69 Å². The van der Waals surface area contributed by atoms with Crippen molar-refractivity contribution in [2.24, 2.45) is 0 Å². The fourth-order valence-corrected chi connectivity index (χ4v) is 4.13. The van der Waals surface area contributed by atoms with E-state index in [-0.39, 0.29) is 19.1 Å². The third kappa shape index (κ3) is 6.64. The quantitative estimate of drug-likeness (QED) is 0.419. The Kier molecular flexibility index (Phi) is 8.37. The first-order chi connectivity index (χ1) is 16.3. The Labute approximate surface area is 200 Å². The molecular weight excluding hydrogens is 456 g/mol. The van der Waals surface area contributed by atoms with Crippen molar-refractivity contribution >= 4 is 21.6 Å². The fourth-order valence-electron chi connectivity index (χ4n) is 3.24. The number of para-hydroxylation sites is 2. The number of ether oxygens (including phenoxy) is 3. The Morgan fingerprint density at radius 1 is 0.882 bits per heavy atom. The zero-order valence-electron chi connectivity index (χ0n) is 19.4. The van der Waals surface area contributed by atoms with Gasteiger partial charge in [-0.2, -0.15) is 0 Å². The van der Waals surface area contributed by atoms with E-state index in [1.807, 2.05) is 12.1 Å². The predicted octanol–water partition coefficient (Wildman–Crippen LogP) is 3.48. The van der Waals surface area contributed by atoms with E-state index >= 15 is 0 Å². The van der Waals surface area contributed by atoms with Crippen LogP contribution < -0.4 is 23.8 Å². The van der Waals surface area contributed by atoms with Crippen LogP contribution in [0.2, 0.25) is 0 Å². The molecule has 0 aliphatic heterocycles. The van der Waals surface area contributed by atoms with Gasteiger partial charge >= 0.3 is 0 Å². The van der Waals surface area contributed by atoms with Gasteiger partial charge in [0, 0.05) is 5.56 Å². The van der Waals surface area contributed by atoms with Gasteiger partial charge in [-0.3, -0.25) is 9.10 Å². The first kappa shape index (κ1) is 24.9. The molecule has 0 heterocycles. The number of nitrogens with zero attached hydrogens (tertiary/aromatic N) is 1. The minimum absolute atomic E-state index is 0.139. The van der Waals surface area contributed by atoms with Crippen LogP contribution in [0.15, 0.2) is 72.8 Å². The van der Waals surface area contributed by atoms with Gasteiger partial charge in [0.25, 0.3) is 5.91 Å². The van der Waals surface area contributed by atoms with Crippen molar-refractivity contribution in [3.8, 4) is 17.2 Å². The molecule has 3 aromatic carbocycles. The van der Waals surface area contributed by atoms with Crippen LogP contribution in [0.25, 0.3) is 0 Å². The molecule has 8 nitrogen and oxygen atoms in total. The van der Waals surface area contributed by atoms with Crippen LogP contribution in [-0.2, 0) is 16.6 Å². The number of sulfonamides is 1. The lowest BCUT2D eigenvalue weighted by Gasteiger charge is -2.23. The summed E-state index contributed by atoms with van der Waals surface area (Å²) < 4.78 is 42.1. The number of carbonyl (C=O) groups excluding carboxylic acids is 1. The van der Waals surface area contributed by atoms with E-state index in [9.17, 15) is 13.2 Å². The summed E-state index contributed by atoms with van der Waals surface area (Å²) in [5, 5.41) is 2.80. The van der Waals surface area contributed by atoms with Crippen molar-refractivity contribution in [3.63, 3.8) is 0 Å². The lowest BCUT2D eigenvalue weighted by Crippen LogP contribution is -2.29. The number of hydrogen-bond donors (Lipinski definition) is 1. The van der Waals surface area contributed by atoms with Gasteiger partial charge in [-0.05, 0) is 54.1 Å². The molecule has 9 heteroatoms. The molecule has 1 N–H and O–H groups in total. The summed E-state index contributed by atoms with van der Waals surface area (Å²) >= 11 is 0. The lowest BCUT2D eigenvalue weighted by atomic mass is 10.1. The number of anilines is 1. The Morgan fingerprint density at radius 3 is 2.12 bits per heavy atom. The van der Waals surface area contributed by atoms with Crippen LogP contribution in [0.3, 0.4) is 0 Å². The highest BCUT2D eigenvalue weighted by Crippen LogP contribution is 2.26. The summed E-state index contributed by atoms with van der Waals surface area (Å²) in [5.41, 5.74) is 1.74. The molecule has 3 rings (SSSR count). The molecule has 0 atom stereocenters. The number of amides is 1. The summed E-state index contributed by atoms with van der Waals surface area (Å²) in [4.78, 5) is 12.4. The van der Waals surface area contributed by atoms with Crippen molar-refractivity contribution in [3.05, 3.63) is 83.9 Å². The van der Waals surface area contributed by atoms with Gasteiger partial charge in [-0.1, -0.05) is 24.3 Å². The number of hydrogen-bond acceptors (Lipinski definition) is 6. The largest absolute Gasteiger partial charge is 0.497 e. The zero-order valence-corrected chi connectivity index (χ0v) is 20.2. The Hall–Kier alpha value is -3.72. The highest BCUT2D eigenvalue weighted by Gasteiger charge is 2.18. The van der Waals surface area contributed by atoms with Crippen LogP contribution in [0.1, 0.15) is 15.9 Å². The SMILES string of the molecule is COc1ccc(N(Cc2ccc(C(=O)NCCOc3ccccc3OC)cc2)S(C)(=O)=O)cc1. The molecule has 0 radical (unpaired) electrons. The van der Waals surface area contributed by atoms with E-state index in [1.54, 1.807) is 74.9 Å². The van der Waals surface area contributed by atoms with E-state index in [2.05, 4.69) is 5.32 Å². The number of nitrogens with one attached hydrogen (secondary N) is 1. The fraction of sp³-hybridized carbons (Fsp3) is 0.240. The normalized spacial score (nSPS) is 10.9. The summed E-state index contributed by atoms with van der Waals surface area (Å²) in [6.45, 7) is 0.743. The number of benzene rings is 3. The summed E-state index contributed by atoms with van der Waals surface area (Å²) in [6, 6.07) is 20.9. The number of carbonyl (C=O) groups is 1. The van der Waals surface area contributed by atoms with Crippen molar-refractivity contribution < 1.29 is 27.4 Å². The van der Waals surface area contributed by atoms with Crippen LogP contribution in [0, 0.1) is 0 Å². The van der Waals surface area contributed by atoms with E-state index in [0.717, 1.165) is 11.8 Å². The molecule has 34 heavy (non-hydrogen) atoms. The van der Waals surface area contributed by atoms with Crippen molar-refractivity contribution in [2.75, 3.05) is 37.9 Å². The van der Waals surface area contributed by atoms with Crippen LogP contribution in [-0.4, -0.2) is 48.0 Å². The summed E-state index contributed by atoms with van der Waals surface area (Å²) in [5.74, 6) is 1.63. The molecule has 0 saturated heterocycles. The van der Waals surface area contributed by atoms with E-state index < -0.39 is 10.0 Å². The summed E-state index contributed by atoms with van der Waals surface area (Å²) in [6.07, 6.45) is 1.16. The highest BCUT2D eigenvalue weighted by molar-refractivity contribution is 7.92. The maximum absolute atomic E-state index is 12.4.